The van der Waals surface area contributed by atoms with Crippen molar-refractivity contribution in [3.63, 3.8) is 0 Å². The van der Waals surface area contributed by atoms with Crippen molar-refractivity contribution in [3.05, 3.63) is 58.6 Å². The quantitative estimate of drug-likeness (QED) is 0.625. The summed E-state index contributed by atoms with van der Waals surface area (Å²) in [5.74, 6) is -0.521. The van der Waals surface area contributed by atoms with E-state index in [-0.39, 0.29) is 23.1 Å². The number of nitrogens with zero attached hydrogens (tertiary/aromatic N) is 1. The zero-order chi connectivity index (χ0) is 22.8. The summed E-state index contributed by atoms with van der Waals surface area (Å²) in [6.45, 7) is 2.70. The highest BCUT2D eigenvalue weighted by atomic mass is 35.5. The molecule has 1 atom stereocenters. The highest BCUT2D eigenvalue weighted by molar-refractivity contribution is 6.31. The lowest BCUT2D eigenvalue weighted by Gasteiger charge is -2.34. The number of hydrogen-bond donors (Lipinski definition) is 2. The number of halogens is 4. The summed E-state index contributed by atoms with van der Waals surface area (Å²) in [7, 11) is 0. The molecule has 0 saturated carbocycles. The Bertz CT molecular complexity index is 955. The van der Waals surface area contributed by atoms with E-state index in [0.717, 1.165) is 12.1 Å². The predicted octanol–water partition coefficient (Wildman–Crippen LogP) is 4.99. The van der Waals surface area contributed by atoms with Gasteiger partial charge in [0, 0.05) is 17.2 Å². The van der Waals surface area contributed by atoms with E-state index in [4.69, 9.17) is 11.6 Å². The monoisotopic (exact) mass is 454 g/mol. The zero-order valence-electron chi connectivity index (χ0n) is 16.7. The van der Waals surface area contributed by atoms with Gasteiger partial charge in [-0.25, -0.2) is 0 Å². The molecule has 9 heteroatoms. The van der Waals surface area contributed by atoms with Crippen LogP contribution in [0.1, 0.15) is 35.7 Å². The minimum Gasteiger partial charge on any atom is -0.508 e. The van der Waals surface area contributed by atoms with Crippen LogP contribution < -0.4 is 5.32 Å². The Morgan fingerprint density at radius 1 is 1.13 bits per heavy atom. The van der Waals surface area contributed by atoms with Crippen molar-refractivity contribution < 1.29 is 27.9 Å². The number of hydrogen-bond acceptors (Lipinski definition) is 4. The largest absolute Gasteiger partial charge is 0.508 e. The molecule has 2 aromatic carbocycles. The molecule has 0 unspecified atom stereocenters. The van der Waals surface area contributed by atoms with Crippen LogP contribution in [0.4, 0.5) is 18.9 Å². The number of phenols is 1. The van der Waals surface area contributed by atoms with Crippen LogP contribution in [-0.4, -0.2) is 40.8 Å². The average Bonchev–Trinajstić information content (AvgIpc) is 2.74. The molecule has 1 amide bonds. The van der Waals surface area contributed by atoms with Crippen LogP contribution >= 0.6 is 11.6 Å². The van der Waals surface area contributed by atoms with Gasteiger partial charge < -0.3 is 10.4 Å². The first-order chi connectivity index (χ1) is 14.6. The number of amides is 1. The van der Waals surface area contributed by atoms with Gasteiger partial charge in [-0.05, 0) is 75.3 Å². The van der Waals surface area contributed by atoms with Crippen LogP contribution in [0.3, 0.4) is 0 Å². The Kier molecular flexibility index (Phi) is 6.91. The summed E-state index contributed by atoms with van der Waals surface area (Å²) in [5.41, 5.74) is -0.454. The predicted molar refractivity (Wildman–Crippen MR) is 111 cm³/mol. The number of ketones is 1. The van der Waals surface area contributed by atoms with E-state index in [1.54, 1.807) is 19.1 Å². The Hall–Kier alpha value is -2.58. The molecule has 1 aliphatic rings. The average molecular weight is 455 g/mol. The fourth-order valence-corrected chi connectivity index (χ4v) is 3.87. The minimum atomic E-state index is -4.62. The number of alkyl halides is 3. The summed E-state index contributed by atoms with van der Waals surface area (Å²) in [5, 5.41) is 11.4. The van der Waals surface area contributed by atoms with Gasteiger partial charge in [-0.2, -0.15) is 13.2 Å². The van der Waals surface area contributed by atoms with Crippen LogP contribution in [0.2, 0.25) is 5.02 Å². The molecule has 1 heterocycles. The number of nitrogens with one attached hydrogen (secondary N) is 1. The van der Waals surface area contributed by atoms with Gasteiger partial charge in [-0.15, -0.1) is 0 Å². The Labute approximate surface area is 182 Å². The standard InChI is InChI=1S/C22H22ClF3N2O3/c1-13(21(31)27-16-4-7-19(23)18(12-16)22(24,25)26)28-10-8-15(9-11-28)20(30)14-2-5-17(29)6-3-14/h2-7,12-13,15,29H,8-11H2,1H3,(H,27,31)/t13-/m1/s1. The molecule has 5 nitrogen and oxygen atoms in total. The number of piperidine rings is 1. The van der Waals surface area contributed by atoms with Gasteiger partial charge in [0.25, 0.3) is 0 Å². The Morgan fingerprint density at radius 3 is 2.32 bits per heavy atom. The van der Waals surface area contributed by atoms with Gasteiger partial charge in [0.1, 0.15) is 5.75 Å². The van der Waals surface area contributed by atoms with Gasteiger partial charge >= 0.3 is 6.18 Å². The van der Waals surface area contributed by atoms with E-state index in [2.05, 4.69) is 5.32 Å². The van der Waals surface area contributed by atoms with Crippen LogP contribution in [0, 0.1) is 5.92 Å². The number of aromatic hydroxyl groups is 1. The van der Waals surface area contributed by atoms with Crippen LogP contribution in [0.5, 0.6) is 5.75 Å². The lowest BCUT2D eigenvalue weighted by Crippen LogP contribution is -2.47. The van der Waals surface area contributed by atoms with E-state index in [1.165, 1.54) is 18.2 Å². The first-order valence-corrected chi connectivity index (χ1v) is 10.2. The van der Waals surface area contributed by atoms with Crippen LogP contribution in [0.15, 0.2) is 42.5 Å². The molecule has 0 spiro atoms. The molecule has 2 N–H and O–H groups in total. The summed E-state index contributed by atoms with van der Waals surface area (Å²) >= 11 is 5.61. The summed E-state index contributed by atoms with van der Waals surface area (Å²) in [4.78, 5) is 27.1. The highest BCUT2D eigenvalue weighted by Crippen LogP contribution is 2.36. The lowest BCUT2D eigenvalue weighted by molar-refractivity contribution is -0.137. The maximum absolute atomic E-state index is 13.0. The van der Waals surface area contributed by atoms with Crippen molar-refractivity contribution in [2.75, 3.05) is 18.4 Å². The maximum Gasteiger partial charge on any atom is 0.417 e. The van der Waals surface area contributed by atoms with Crippen molar-refractivity contribution in [3.8, 4) is 5.75 Å². The molecule has 1 fully saturated rings. The summed E-state index contributed by atoms with van der Waals surface area (Å²) in [6.07, 6.45) is -3.48. The molecule has 0 radical (unpaired) electrons. The molecule has 3 rings (SSSR count). The number of phenolic OH excluding ortho intramolecular Hbond substituents is 1. The second-order valence-corrected chi connectivity index (χ2v) is 7.99. The third-order valence-electron chi connectivity index (χ3n) is 5.52. The normalized spacial score (nSPS) is 16.7. The number of benzene rings is 2. The molecule has 0 aromatic heterocycles. The zero-order valence-corrected chi connectivity index (χ0v) is 17.5. The van der Waals surface area contributed by atoms with Crippen LogP contribution in [0.25, 0.3) is 0 Å². The fourth-order valence-electron chi connectivity index (χ4n) is 3.64. The summed E-state index contributed by atoms with van der Waals surface area (Å²) < 4.78 is 39.0. The van der Waals surface area contributed by atoms with Crippen molar-refractivity contribution >= 4 is 29.0 Å². The summed E-state index contributed by atoms with van der Waals surface area (Å²) in [6, 6.07) is 8.77. The van der Waals surface area contributed by atoms with Gasteiger partial charge in [0.05, 0.1) is 16.6 Å². The van der Waals surface area contributed by atoms with Gasteiger partial charge in [-0.3, -0.25) is 14.5 Å². The van der Waals surface area contributed by atoms with Crippen molar-refractivity contribution in [1.29, 1.82) is 0 Å². The molecule has 0 bridgehead atoms. The smallest absolute Gasteiger partial charge is 0.417 e. The molecular weight excluding hydrogens is 433 g/mol. The number of likely N-dealkylation sites (tertiary alicyclic amines) is 1. The Morgan fingerprint density at radius 2 is 1.74 bits per heavy atom. The van der Waals surface area contributed by atoms with E-state index < -0.39 is 28.7 Å². The molecule has 1 saturated heterocycles. The maximum atomic E-state index is 13.0. The fraction of sp³-hybridized carbons (Fsp3) is 0.364. The topological polar surface area (TPSA) is 69.6 Å². The molecular formula is C22H22ClF3N2O3. The Balaban J connectivity index is 1.58. The third kappa shape index (κ3) is 5.57. The van der Waals surface area contributed by atoms with Gasteiger partial charge in [-0.1, -0.05) is 11.6 Å². The second-order valence-electron chi connectivity index (χ2n) is 7.58. The number of rotatable bonds is 5. The van der Waals surface area contributed by atoms with E-state index in [0.29, 0.717) is 31.5 Å². The van der Waals surface area contributed by atoms with E-state index >= 15 is 0 Å². The molecule has 2 aromatic rings. The lowest BCUT2D eigenvalue weighted by atomic mass is 9.88. The minimum absolute atomic E-state index is 0.00222. The second kappa shape index (κ2) is 9.28. The van der Waals surface area contributed by atoms with Crippen molar-refractivity contribution in [1.82, 2.24) is 4.90 Å². The number of carbonyl (C=O) groups is 2. The molecule has 166 valence electrons. The number of Topliss-reactive ketones (excluding diaryl/α,β-unsaturated/α-hetero) is 1. The SMILES string of the molecule is C[C@H](C(=O)Nc1ccc(Cl)c(C(F)(F)F)c1)N1CCC(C(=O)c2ccc(O)cc2)CC1. The van der Waals surface area contributed by atoms with E-state index in [1.807, 2.05) is 4.90 Å². The third-order valence-corrected chi connectivity index (χ3v) is 5.85. The number of carbonyl (C=O) groups excluding carboxylic acids is 2. The molecule has 1 aliphatic heterocycles. The van der Waals surface area contributed by atoms with Gasteiger partial charge in [0.15, 0.2) is 5.78 Å². The highest BCUT2D eigenvalue weighted by Gasteiger charge is 2.34. The van der Waals surface area contributed by atoms with Gasteiger partial charge in [0.2, 0.25) is 5.91 Å². The molecule has 31 heavy (non-hydrogen) atoms. The van der Waals surface area contributed by atoms with Crippen LogP contribution in [-0.2, 0) is 11.0 Å². The first-order valence-electron chi connectivity index (χ1n) is 9.81. The first kappa shape index (κ1) is 23.1. The number of anilines is 1. The van der Waals surface area contributed by atoms with Crippen molar-refractivity contribution in [2.45, 2.75) is 32.0 Å². The van der Waals surface area contributed by atoms with Crippen molar-refractivity contribution in [2.24, 2.45) is 5.92 Å². The molecule has 0 aliphatic carbocycles. The van der Waals surface area contributed by atoms with E-state index in [9.17, 15) is 27.9 Å².